The van der Waals surface area contributed by atoms with Gasteiger partial charge in [-0.2, -0.15) is 0 Å². The summed E-state index contributed by atoms with van der Waals surface area (Å²) in [6, 6.07) is 28.1. The van der Waals surface area contributed by atoms with Gasteiger partial charge in [0.2, 0.25) is 0 Å². The minimum Gasteiger partial charge on any atom is -0.481 e. The number of carbonyl (C=O) groups is 3. The van der Waals surface area contributed by atoms with Crippen LogP contribution in [0, 0.1) is 17.8 Å². The average molecular weight is 470 g/mol. The van der Waals surface area contributed by atoms with Crippen LogP contribution in [0.3, 0.4) is 0 Å². The van der Waals surface area contributed by atoms with Crippen LogP contribution in [0.5, 0.6) is 0 Å². The molecule has 0 spiro atoms. The summed E-state index contributed by atoms with van der Waals surface area (Å²) >= 11 is 0. The summed E-state index contributed by atoms with van der Waals surface area (Å²) in [7, 11) is 0. The highest BCUT2D eigenvalue weighted by molar-refractivity contribution is 6.02. The van der Waals surface area contributed by atoms with Gasteiger partial charge in [-0.3, -0.25) is 14.4 Å². The van der Waals surface area contributed by atoms with Crippen molar-refractivity contribution < 1.29 is 19.5 Å². The lowest BCUT2D eigenvalue weighted by Gasteiger charge is -2.43. The molecule has 35 heavy (non-hydrogen) atoms. The third-order valence-corrected chi connectivity index (χ3v) is 7.07. The van der Waals surface area contributed by atoms with Crippen LogP contribution in [0.4, 0.5) is 0 Å². The van der Waals surface area contributed by atoms with Gasteiger partial charge in [-0.25, -0.2) is 0 Å². The number of carbonyl (C=O) groups excluding carboxylic acids is 2. The molecule has 1 N–H and O–H groups in total. The summed E-state index contributed by atoms with van der Waals surface area (Å²) in [4.78, 5) is 41.6. The van der Waals surface area contributed by atoms with Crippen LogP contribution in [0.25, 0.3) is 0 Å². The molecule has 3 atom stereocenters. The Morgan fingerprint density at radius 2 is 1.20 bits per heavy atom. The number of carboxylic acid groups (broad SMARTS) is 1. The standard InChI is InChI=1S/C30H31NO4/c1-2-21(30(34)35)18-31-19-25(28(32)23-14-8-4-9-15-23)27(22-12-6-3-7-13-22)26(20-31)29(33)24-16-10-5-11-17-24/h3-17,21,25-27H,2,18-20H2,1H3,(H,34,35). The first-order valence-electron chi connectivity index (χ1n) is 12.2. The number of rotatable bonds is 9. The van der Waals surface area contributed by atoms with Crippen molar-refractivity contribution in [2.45, 2.75) is 19.3 Å². The second kappa shape index (κ2) is 11.2. The molecule has 0 radical (unpaired) electrons. The highest BCUT2D eigenvalue weighted by Gasteiger charge is 2.45. The summed E-state index contributed by atoms with van der Waals surface area (Å²) in [5, 5.41) is 9.68. The summed E-state index contributed by atoms with van der Waals surface area (Å²) in [6.07, 6.45) is 0.489. The van der Waals surface area contributed by atoms with Gasteiger partial charge in [0, 0.05) is 48.5 Å². The van der Waals surface area contributed by atoms with Crippen molar-refractivity contribution in [3.63, 3.8) is 0 Å². The molecule has 3 unspecified atom stereocenters. The molecule has 3 aromatic rings. The average Bonchev–Trinajstić information content (AvgIpc) is 2.91. The number of hydrogen-bond donors (Lipinski definition) is 1. The third kappa shape index (κ3) is 5.57. The molecule has 0 amide bonds. The van der Waals surface area contributed by atoms with Crippen LogP contribution in [0.1, 0.15) is 45.5 Å². The molecule has 5 heteroatoms. The normalized spacial score (nSPS) is 21.2. The lowest BCUT2D eigenvalue weighted by molar-refractivity contribution is -0.142. The number of piperidine rings is 1. The Morgan fingerprint density at radius 1 is 0.771 bits per heavy atom. The monoisotopic (exact) mass is 469 g/mol. The first-order valence-corrected chi connectivity index (χ1v) is 12.2. The first-order chi connectivity index (χ1) is 17.0. The van der Waals surface area contributed by atoms with Crippen LogP contribution in [0.15, 0.2) is 91.0 Å². The molecule has 1 fully saturated rings. The Hall–Kier alpha value is -3.57. The fourth-order valence-corrected chi connectivity index (χ4v) is 5.25. The van der Waals surface area contributed by atoms with Crippen molar-refractivity contribution in [3.05, 3.63) is 108 Å². The van der Waals surface area contributed by atoms with E-state index in [1.165, 1.54) is 0 Å². The Balaban J connectivity index is 1.78. The summed E-state index contributed by atoms with van der Waals surface area (Å²) < 4.78 is 0. The molecular formula is C30H31NO4. The van der Waals surface area contributed by atoms with Gasteiger partial charge in [-0.05, 0) is 12.0 Å². The van der Waals surface area contributed by atoms with Crippen LogP contribution in [-0.4, -0.2) is 47.2 Å². The van der Waals surface area contributed by atoms with Gasteiger partial charge >= 0.3 is 5.97 Å². The SMILES string of the molecule is CCC(CN1CC(C(=O)c2ccccc2)C(c2ccccc2)C(C(=O)c2ccccc2)C1)C(=O)O. The maximum atomic E-state index is 13.9. The van der Waals surface area contributed by atoms with Crippen molar-refractivity contribution >= 4 is 17.5 Å². The van der Waals surface area contributed by atoms with Crippen LogP contribution < -0.4 is 0 Å². The first kappa shape index (κ1) is 24.6. The number of ketones is 2. The lowest BCUT2D eigenvalue weighted by atomic mass is 9.68. The largest absolute Gasteiger partial charge is 0.481 e. The number of aliphatic carboxylic acids is 1. The zero-order valence-corrected chi connectivity index (χ0v) is 19.9. The Kier molecular flexibility index (Phi) is 7.88. The van der Waals surface area contributed by atoms with Crippen LogP contribution >= 0.6 is 0 Å². The number of likely N-dealkylation sites (tertiary alicyclic amines) is 1. The smallest absolute Gasteiger partial charge is 0.307 e. The highest BCUT2D eigenvalue weighted by atomic mass is 16.4. The maximum absolute atomic E-state index is 13.9. The van der Waals surface area contributed by atoms with E-state index in [1.54, 1.807) is 0 Å². The Bertz CT molecular complexity index is 1090. The molecule has 0 saturated carbocycles. The van der Waals surface area contributed by atoms with Crippen molar-refractivity contribution in [3.8, 4) is 0 Å². The lowest BCUT2D eigenvalue weighted by Crippen LogP contribution is -2.52. The molecular weight excluding hydrogens is 438 g/mol. The van der Waals surface area contributed by atoms with E-state index in [0.29, 0.717) is 37.2 Å². The van der Waals surface area contributed by atoms with Crippen LogP contribution in [0.2, 0.25) is 0 Å². The summed E-state index contributed by atoms with van der Waals surface area (Å²) in [6.45, 7) is 2.99. The third-order valence-electron chi connectivity index (χ3n) is 7.07. The highest BCUT2D eigenvalue weighted by Crippen LogP contribution is 2.41. The maximum Gasteiger partial charge on any atom is 0.307 e. The second-order valence-corrected chi connectivity index (χ2v) is 9.27. The number of carboxylic acids is 1. The van der Waals surface area contributed by atoms with E-state index in [-0.39, 0.29) is 17.5 Å². The molecule has 4 rings (SSSR count). The van der Waals surface area contributed by atoms with E-state index in [4.69, 9.17) is 0 Å². The van der Waals surface area contributed by atoms with Gasteiger partial charge in [0.05, 0.1) is 5.92 Å². The zero-order valence-electron chi connectivity index (χ0n) is 19.9. The van der Waals surface area contributed by atoms with Crippen molar-refractivity contribution in [1.82, 2.24) is 4.90 Å². The van der Waals surface area contributed by atoms with Crippen molar-refractivity contribution in [2.24, 2.45) is 17.8 Å². The molecule has 1 heterocycles. The summed E-state index contributed by atoms with van der Waals surface area (Å²) in [5.74, 6) is -2.69. The second-order valence-electron chi connectivity index (χ2n) is 9.27. The van der Waals surface area contributed by atoms with E-state index in [1.807, 2.05) is 103 Å². The van der Waals surface area contributed by atoms with E-state index in [9.17, 15) is 19.5 Å². The Labute approximate surface area is 206 Å². The van der Waals surface area contributed by atoms with E-state index < -0.39 is 23.7 Å². The fraction of sp³-hybridized carbons (Fsp3) is 0.300. The topological polar surface area (TPSA) is 74.7 Å². The molecule has 0 aliphatic carbocycles. The van der Waals surface area contributed by atoms with E-state index in [2.05, 4.69) is 0 Å². The summed E-state index contributed by atoms with van der Waals surface area (Å²) in [5.41, 5.74) is 2.17. The minimum atomic E-state index is -0.852. The number of benzene rings is 3. The predicted octanol–water partition coefficient (Wildman–Crippen LogP) is 5.19. The van der Waals surface area contributed by atoms with Gasteiger partial charge < -0.3 is 10.0 Å². The molecule has 1 aliphatic rings. The Morgan fingerprint density at radius 3 is 1.60 bits per heavy atom. The van der Waals surface area contributed by atoms with Gasteiger partial charge in [-0.15, -0.1) is 0 Å². The minimum absolute atomic E-state index is 0.0154. The van der Waals surface area contributed by atoms with E-state index in [0.717, 1.165) is 5.56 Å². The zero-order chi connectivity index (χ0) is 24.8. The fourth-order valence-electron chi connectivity index (χ4n) is 5.25. The molecule has 1 aliphatic heterocycles. The molecule has 3 aromatic carbocycles. The van der Waals surface area contributed by atoms with E-state index >= 15 is 0 Å². The van der Waals surface area contributed by atoms with Crippen molar-refractivity contribution in [1.29, 1.82) is 0 Å². The molecule has 5 nitrogen and oxygen atoms in total. The quantitative estimate of drug-likeness (QED) is 0.436. The number of Topliss-reactive ketones (excluding diaryl/α,β-unsaturated/α-hetero) is 2. The van der Waals surface area contributed by atoms with Gasteiger partial charge in [-0.1, -0.05) is 97.9 Å². The number of nitrogens with zero attached hydrogens (tertiary/aromatic N) is 1. The predicted molar refractivity (Wildman–Crippen MR) is 136 cm³/mol. The molecule has 0 aromatic heterocycles. The van der Waals surface area contributed by atoms with Crippen molar-refractivity contribution in [2.75, 3.05) is 19.6 Å². The molecule has 0 bridgehead atoms. The molecule has 1 saturated heterocycles. The number of hydrogen-bond acceptors (Lipinski definition) is 4. The van der Waals surface area contributed by atoms with Gasteiger partial charge in [0.15, 0.2) is 11.6 Å². The van der Waals surface area contributed by atoms with Gasteiger partial charge in [0.25, 0.3) is 0 Å². The molecule has 180 valence electrons. The van der Waals surface area contributed by atoms with Crippen LogP contribution in [-0.2, 0) is 4.79 Å². The van der Waals surface area contributed by atoms with Gasteiger partial charge in [0.1, 0.15) is 0 Å².